The first-order valence-electron chi connectivity index (χ1n) is 9.57. The number of piperidine rings is 1. The van der Waals surface area contributed by atoms with Crippen LogP contribution in [0.15, 0.2) is 27.8 Å². The molecule has 1 aromatic heterocycles. The van der Waals surface area contributed by atoms with Crippen LogP contribution in [-0.2, 0) is 11.2 Å². The van der Waals surface area contributed by atoms with Gasteiger partial charge in [0.15, 0.2) is 5.96 Å². The highest BCUT2D eigenvalue weighted by Crippen LogP contribution is 2.13. The van der Waals surface area contributed by atoms with Crippen molar-refractivity contribution >= 4 is 5.96 Å². The summed E-state index contributed by atoms with van der Waals surface area (Å²) in [5.74, 6) is 1.84. The molecule has 0 bridgehead atoms. The van der Waals surface area contributed by atoms with E-state index in [0.29, 0.717) is 12.6 Å². The van der Waals surface area contributed by atoms with Crippen LogP contribution in [0.1, 0.15) is 38.4 Å². The van der Waals surface area contributed by atoms with Gasteiger partial charge in [0.05, 0.1) is 12.9 Å². The summed E-state index contributed by atoms with van der Waals surface area (Å²) in [6.45, 7) is 7.86. The number of ether oxygens (including phenoxy) is 1. The largest absolute Gasteiger partial charge is 0.469 e. The van der Waals surface area contributed by atoms with Crippen LogP contribution in [0.25, 0.3) is 0 Å². The number of nitrogens with zero attached hydrogens (tertiary/aromatic N) is 2. The maximum Gasteiger partial charge on any atom is 0.191 e. The smallest absolute Gasteiger partial charge is 0.191 e. The molecule has 0 aliphatic carbocycles. The Hall–Kier alpha value is -1.53. The van der Waals surface area contributed by atoms with E-state index in [1.807, 2.05) is 12.1 Å². The molecule has 25 heavy (non-hydrogen) atoms. The molecule has 1 aliphatic rings. The minimum absolute atomic E-state index is 0.604. The summed E-state index contributed by atoms with van der Waals surface area (Å²) in [5.41, 5.74) is 0. The number of nitrogens with one attached hydrogen (secondary N) is 2. The summed E-state index contributed by atoms with van der Waals surface area (Å²) in [6, 6.07) is 4.52. The van der Waals surface area contributed by atoms with Gasteiger partial charge in [-0.1, -0.05) is 6.42 Å². The fourth-order valence-electron chi connectivity index (χ4n) is 3.11. The lowest BCUT2D eigenvalue weighted by Gasteiger charge is -2.32. The highest BCUT2D eigenvalue weighted by Gasteiger charge is 2.15. The Morgan fingerprint density at radius 1 is 1.28 bits per heavy atom. The van der Waals surface area contributed by atoms with Crippen LogP contribution in [0.3, 0.4) is 0 Å². The van der Waals surface area contributed by atoms with E-state index < -0.39 is 0 Å². The third-order valence-electron chi connectivity index (χ3n) is 4.67. The molecule has 1 atom stereocenters. The molecule has 6 heteroatoms. The Morgan fingerprint density at radius 3 is 2.80 bits per heavy atom. The Balaban J connectivity index is 1.73. The first-order valence-corrected chi connectivity index (χ1v) is 9.57. The molecule has 6 nitrogen and oxygen atoms in total. The van der Waals surface area contributed by atoms with Gasteiger partial charge in [-0.05, 0) is 51.4 Å². The molecule has 2 heterocycles. The molecule has 0 saturated carbocycles. The second kappa shape index (κ2) is 11.9. The average molecular weight is 351 g/mol. The van der Waals surface area contributed by atoms with Gasteiger partial charge >= 0.3 is 0 Å². The molecule has 0 spiro atoms. The predicted molar refractivity (Wildman–Crippen MR) is 102 cm³/mol. The van der Waals surface area contributed by atoms with E-state index in [-0.39, 0.29) is 0 Å². The van der Waals surface area contributed by atoms with E-state index in [0.717, 1.165) is 44.2 Å². The predicted octanol–water partition coefficient (Wildman–Crippen LogP) is 2.27. The van der Waals surface area contributed by atoms with Crippen LogP contribution in [0, 0.1) is 0 Å². The number of furan rings is 1. The van der Waals surface area contributed by atoms with Crippen molar-refractivity contribution in [1.82, 2.24) is 15.5 Å². The Bertz CT molecular complexity index is 470. The highest BCUT2D eigenvalue weighted by atomic mass is 16.5. The summed E-state index contributed by atoms with van der Waals surface area (Å²) in [6.07, 6.45) is 7.71. The zero-order valence-corrected chi connectivity index (χ0v) is 15.8. The average Bonchev–Trinajstić information content (AvgIpc) is 3.15. The minimum atomic E-state index is 0.604. The molecule has 1 aromatic rings. The van der Waals surface area contributed by atoms with E-state index in [2.05, 4.69) is 22.5 Å². The van der Waals surface area contributed by atoms with E-state index in [9.17, 15) is 0 Å². The lowest BCUT2D eigenvalue weighted by molar-refractivity contribution is 0.168. The van der Waals surface area contributed by atoms with Gasteiger partial charge in [0, 0.05) is 39.2 Å². The maximum absolute atomic E-state index is 5.37. The van der Waals surface area contributed by atoms with Crippen LogP contribution in [0.5, 0.6) is 0 Å². The van der Waals surface area contributed by atoms with Gasteiger partial charge in [-0.15, -0.1) is 0 Å². The molecule has 0 aromatic carbocycles. The summed E-state index contributed by atoms with van der Waals surface area (Å²) in [7, 11) is 1.71. The summed E-state index contributed by atoms with van der Waals surface area (Å²) in [5, 5.41) is 6.70. The fraction of sp³-hybridized carbons (Fsp3) is 0.737. The third-order valence-corrected chi connectivity index (χ3v) is 4.67. The number of methoxy groups -OCH3 is 1. The molecule has 1 aliphatic heterocycles. The van der Waals surface area contributed by atoms with Crippen molar-refractivity contribution in [1.29, 1.82) is 0 Å². The molecule has 142 valence electrons. The number of likely N-dealkylation sites (tertiary alicyclic amines) is 1. The van der Waals surface area contributed by atoms with Crippen molar-refractivity contribution in [2.24, 2.45) is 4.99 Å². The van der Waals surface area contributed by atoms with Gasteiger partial charge in [-0.3, -0.25) is 4.99 Å². The minimum Gasteiger partial charge on any atom is -0.469 e. The van der Waals surface area contributed by atoms with E-state index >= 15 is 0 Å². The standard InChI is InChI=1S/C19H34N4O2/c1-17(23-13-4-3-5-14-23)8-10-20-19(22-12-16-24-2)21-11-9-18-7-6-15-25-18/h6-7,15,17H,3-5,8-14,16H2,1-2H3,(H2,20,21,22). The highest BCUT2D eigenvalue weighted by molar-refractivity contribution is 5.79. The quantitative estimate of drug-likeness (QED) is 0.385. The van der Waals surface area contributed by atoms with Crippen LogP contribution in [0.4, 0.5) is 0 Å². The summed E-state index contributed by atoms with van der Waals surface area (Å²) >= 11 is 0. The molecule has 2 rings (SSSR count). The second-order valence-corrected chi connectivity index (χ2v) is 6.64. The molecular weight excluding hydrogens is 316 g/mol. The van der Waals surface area contributed by atoms with Gasteiger partial charge < -0.3 is 24.7 Å². The molecule has 2 N–H and O–H groups in total. The zero-order chi connectivity index (χ0) is 17.7. The van der Waals surface area contributed by atoms with Crippen LogP contribution in [-0.4, -0.2) is 63.3 Å². The molecular formula is C19H34N4O2. The van der Waals surface area contributed by atoms with Gasteiger partial charge in [0.2, 0.25) is 0 Å². The number of hydrogen-bond acceptors (Lipinski definition) is 4. The fourth-order valence-corrected chi connectivity index (χ4v) is 3.11. The van der Waals surface area contributed by atoms with Crippen LogP contribution < -0.4 is 10.6 Å². The number of guanidine groups is 1. The Kier molecular flexibility index (Phi) is 9.44. The van der Waals surface area contributed by atoms with Gasteiger partial charge in [-0.25, -0.2) is 0 Å². The first-order chi connectivity index (χ1) is 12.3. The van der Waals surface area contributed by atoms with Crippen molar-refractivity contribution < 1.29 is 9.15 Å². The molecule has 0 amide bonds. The third kappa shape index (κ3) is 7.92. The van der Waals surface area contributed by atoms with Crippen molar-refractivity contribution in [2.45, 2.75) is 45.1 Å². The summed E-state index contributed by atoms with van der Waals surface area (Å²) in [4.78, 5) is 7.33. The Labute approximate surface area is 152 Å². The van der Waals surface area contributed by atoms with Crippen molar-refractivity contribution in [3.63, 3.8) is 0 Å². The summed E-state index contributed by atoms with van der Waals surface area (Å²) < 4.78 is 10.5. The molecule has 1 saturated heterocycles. The second-order valence-electron chi connectivity index (χ2n) is 6.64. The van der Waals surface area contributed by atoms with Crippen LogP contribution in [0.2, 0.25) is 0 Å². The van der Waals surface area contributed by atoms with E-state index in [1.54, 1.807) is 13.4 Å². The zero-order valence-electron chi connectivity index (χ0n) is 15.8. The molecule has 1 unspecified atom stereocenters. The Morgan fingerprint density at radius 2 is 2.08 bits per heavy atom. The maximum atomic E-state index is 5.37. The van der Waals surface area contributed by atoms with Crippen molar-refractivity contribution in [2.75, 3.05) is 46.4 Å². The van der Waals surface area contributed by atoms with E-state index in [4.69, 9.17) is 14.1 Å². The molecule has 0 radical (unpaired) electrons. The normalized spacial score (nSPS) is 17.4. The van der Waals surface area contributed by atoms with Gasteiger partial charge in [0.25, 0.3) is 0 Å². The van der Waals surface area contributed by atoms with Crippen molar-refractivity contribution in [3.05, 3.63) is 24.2 Å². The van der Waals surface area contributed by atoms with E-state index in [1.165, 1.54) is 32.4 Å². The SMILES string of the molecule is COCCNC(=NCCC(C)N1CCCCC1)NCCc1ccco1. The number of aliphatic imine (C=N–C) groups is 1. The van der Waals surface area contributed by atoms with Crippen LogP contribution >= 0.6 is 0 Å². The number of hydrogen-bond donors (Lipinski definition) is 2. The first kappa shape index (κ1) is 19.8. The molecule has 1 fully saturated rings. The number of rotatable bonds is 10. The van der Waals surface area contributed by atoms with Crippen molar-refractivity contribution in [3.8, 4) is 0 Å². The lowest BCUT2D eigenvalue weighted by atomic mass is 10.1. The topological polar surface area (TPSA) is 62.0 Å². The lowest BCUT2D eigenvalue weighted by Crippen LogP contribution is -2.40. The monoisotopic (exact) mass is 350 g/mol. The van der Waals surface area contributed by atoms with Gasteiger partial charge in [0.1, 0.15) is 5.76 Å². The van der Waals surface area contributed by atoms with Gasteiger partial charge in [-0.2, -0.15) is 0 Å².